The topological polar surface area (TPSA) is 61.4 Å². The van der Waals surface area contributed by atoms with E-state index < -0.39 is 0 Å². The number of carbonyl (C=O) groups is 2. The molecule has 1 aromatic carbocycles. The minimum Gasteiger partial charge on any atom is -0.326 e. The van der Waals surface area contributed by atoms with Crippen LogP contribution in [0.15, 0.2) is 18.2 Å². The van der Waals surface area contributed by atoms with Gasteiger partial charge in [0.2, 0.25) is 11.8 Å². The molecule has 0 radical (unpaired) electrons. The fourth-order valence-electron chi connectivity index (χ4n) is 3.82. The minimum atomic E-state index is -0.0715. The molecule has 130 valence electrons. The number of piperidine rings is 1. The van der Waals surface area contributed by atoms with Gasteiger partial charge >= 0.3 is 0 Å². The second kappa shape index (κ2) is 7.79. The Morgan fingerprint density at radius 2 is 2.08 bits per heavy atom. The summed E-state index contributed by atoms with van der Waals surface area (Å²) < 4.78 is 0. The third-order valence-corrected chi connectivity index (χ3v) is 5.09. The number of benzene rings is 1. The van der Waals surface area contributed by atoms with E-state index in [1.165, 1.54) is 19.8 Å². The number of nitrogens with zero attached hydrogens (tertiary/aromatic N) is 1. The molecule has 0 bridgehead atoms. The zero-order valence-electron chi connectivity index (χ0n) is 14.4. The summed E-state index contributed by atoms with van der Waals surface area (Å²) in [5.74, 6) is 0.817. The number of amides is 2. The molecule has 0 aliphatic carbocycles. The molecule has 5 heteroatoms. The van der Waals surface area contributed by atoms with Crippen LogP contribution in [0, 0.1) is 5.92 Å². The molecule has 3 rings (SSSR count). The van der Waals surface area contributed by atoms with Gasteiger partial charge in [-0.05, 0) is 68.8 Å². The summed E-state index contributed by atoms with van der Waals surface area (Å²) in [4.78, 5) is 26.1. The van der Waals surface area contributed by atoms with E-state index in [9.17, 15) is 9.59 Å². The highest BCUT2D eigenvalue weighted by Gasteiger charge is 2.25. The smallest absolute Gasteiger partial charge is 0.226 e. The van der Waals surface area contributed by atoms with Crippen LogP contribution in [0.25, 0.3) is 0 Å². The van der Waals surface area contributed by atoms with Gasteiger partial charge in [-0.2, -0.15) is 0 Å². The van der Waals surface area contributed by atoms with Gasteiger partial charge in [-0.1, -0.05) is 6.07 Å². The maximum atomic E-state index is 12.8. The zero-order valence-corrected chi connectivity index (χ0v) is 14.4. The van der Waals surface area contributed by atoms with E-state index in [0.29, 0.717) is 12.3 Å². The third-order valence-electron chi connectivity index (χ3n) is 5.09. The molecule has 2 aliphatic heterocycles. The number of nitrogens with one attached hydrogen (secondary N) is 2. The van der Waals surface area contributed by atoms with Gasteiger partial charge in [0.25, 0.3) is 0 Å². The van der Waals surface area contributed by atoms with Crippen molar-refractivity contribution in [3.05, 3.63) is 23.8 Å². The normalized spacial score (nSPS) is 18.1. The van der Waals surface area contributed by atoms with Gasteiger partial charge < -0.3 is 15.5 Å². The molecule has 0 atom stereocenters. The van der Waals surface area contributed by atoms with Crippen LogP contribution < -0.4 is 15.5 Å². The summed E-state index contributed by atoms with van der Waals surface area (Å²) in [6.45, 7) is 4.45. The Labute approximate surface area is 143 Å². The summed E-state index contributed by atoms with van der Waals surface area (Å²) in [7, 11) is 0. The van der Waals surface area contributed by atoms with Crippen LogP contribution in [0.1, 0.15) is 44.6 Å². The Hall–Kier alpha value is -1.88. The fraction of sp³-hybridized carbons (Fsp3) is 0.579. The average Bonchev–Trinajstić information content (AvgIpc) is 2.60. The van der Waals surface area contributed by atoms with Crippen LogP contribution in [-0.4, -0.2) is 31.4 Å². The van der Waals surface area contributed by atoms with Crippen molar-refractivity contribution in [1.82, 2.24) is 5.32 Å². The van der Waals surface area contributed by atoms with Crippen LogP contribution in [0.4, 0.5) is 11.4 Å². The number of carbonyl (C=O) groups excluding carboxylic acids is 2. The average molecular weight is 329 g/mol. The second-order valence-corrected chi connectivity index (χ2v) is 6.87. The molecule has 2 heterocycles. The first-order valence-electron chi connectivity index (χ1n) is 9.05. The Balaban J connectivity index is 1.69. The molecule has 2 aliphatic rings. The van der Waals surface area contributed by atoms with Crippen molar-refractivity contribution in [2.24, 2.45) is 5.92 Å². The van der Waals surface area contributed by atoms with E-state index in [4.69, 9.17) is 0 Å². The minimum absolute atomic E-state index is 0.0715. The molecule has 1 aromatic rings. The van der Waals surface area contributed by atoms with E-state index in [0.717, 1.165) is 55.8 Å². The molecule has 5 nitrogen and oxygen atoms in total. The lowest BCUT2D eigenvalue weighted by atomic mass is 9.92. The quantitative estimate of drug-likeness (QED) is 0.893. The van der Waals surface area contributed by atoms with Gasteiger partial charge in [0, 0.05) is 31.3 Å². The SMILES string of the molecule is CC(=O)Nc1cccc2c1CCCN2C(=O)CCC1CCNCC1. The first kappa shape index (κ1) is 17.0. The molecule has 0 spiro atoms. The van der Waals surface area contributed by atoms with Gasteiger partial charge in [0.15, 0.2) is 0 Å². The summed E-state index contributed by atoms with van der Waals surface area (Å²) in [5, 5.41) is 6.26. The number of rotatable bonds is 4. The van der Waals surface area contributed by atoms with Crippen LogP contribution in [0.3, 0.4) is 0 Å². The van der Waals surface area contributed by atoms with E-state index in [1.807, 2.05) is 23.1 Å². The highest BCUT2D eigenvalue weighted by molar-refractivity contribution is 5.97. The Morgan fingerprint density at radius 1 is 1.29 bits per heavy atom. The van der Waals surface area contributed by atoms with E-state index >= 15 is 0 Å². The summed E-state index contributed by atoms with van der Waals surface area (Å²) in [5.41, 5.74) is 2.91. The Kier molecular flexibility index (Phi) is 5.51. The van der Waals surface area contributed by atoms with Crippen molar-refractivity contribution in [3.63, 3.8) is 0 Å². The molecule has 0 aromatic heterocycles. The molecule has 1 saturated heterocycles. The second-order valence-electron chi connectivity index (χ2n) is 6.87. The highest BCUT2D eigenvalue weighted by atomic mass is 16.2. The summed E-state index contributed by atoms with van der Waals surface area (Å²) in [6, 6.07) is 5.84. The predicted octanol–water partition coefficient (Wildman–Crippen LogP) is 2.70. The maximum Gasteiger partial charge on any atom is 0.226 e. The lowest BCUT2D eigenvalue weighted by Gasteiger charge is -2.31. The number of fused-ring (bicyclic) bond motifs is 1. The fourth-order valence-corrected chi connectivity index (χ4v) is 3.82. The van der Waals surface area contributed by atoms with Crippen molar-refractivity contribution >= 4 is 23.2 Å². The standard InChI is InChI=1S/C19H27N3O2/c1-14(23)21-17-5-2-6-18-16(17)4-3-13-22(18)19(24)8-7-15-9-11-20-12-10-15/h2,5-6,15,20H,3-4,7-13H2,1H3,(H,21,23). The van der Waals surface area contributed by atoms with Gasteiger partial charge in [0.1, 0.15) is 0 Å². The van der Waals surface area contributed by atoms with Gasteiger partial charge in [-0.15, -0.1) is 0 Å². The Bertz CT molecular complexity index is 609. The zero-order chi connectivity index (χ0) is 16.9. The number of anilines is 2. The van der Waals surface area contributed by atoms with Crippen LogP contribution >= 0.6 is 0 Å². The highest BCUT2D eigenvalue weighted by Crippen LogP contribution is 2.33. The van der Waals surface area contributed by atoms with Crippen molar-refractivity contribution in [3.8, 4) is 0 Å². The lowest BCUT2D eigenvalue weighted by molar-refractivity contribution is -0.119. The molecule has 1 fully saturated rings. The molecular formula is C19H27N3O2. The summed E-state index contributed by atoms with van der Waals surface area (Å²) in [6.07, 6.45) is 5.81. The molecule has 2 N–H and O–H groups in total. The maximum absolute atomic E-state index is 12.8. The molecular weight excluding hydrogens is 302 g/mol. The number of hydrogen-bond donors (Lipinski definition) is 2. The molecule has 24 heavy (non-hydrogen) atoms. The van der Waals surface area contributed by atoms with Crippen molar-refractivity contribution in [2.75, 3.05) is 29.9 Å². The van der Waals surface area contributed by atoms with Crippen molar-refractivity contribution < 1.29 is 9.59 Å². The molecule has 2 amide bonds. The third kappa shape index (κ3) is 3.96. The first-order valence-corrected chi connectivity index (χ1v) is 9.05. The van der Waals surface area contributed by atoms with Crippen LogP contribution in [-0.2, 0) is 16.0 Å². The molecule has 0 unspecified atom stereocenters. The number of hydrogen-bond acceptors (Lipinski definition) is 3. The van der Waals surface area contributed by atoms with Crippen LogP contribution in [0.5, 0.6) is 0 Å². The Morgan fingerprint density at radius 3 is 2.83 bits per heavy atom. The predicted molar refractivity (Wildman–Crippen MR) is 96.2 cm³/mol. The molecule has 0 saturated carbocycles. The van der Waals surface area contributed by atoms with E-state index in [1.54, 1.807) is 0 Å². The van der Waals surface area contributed by atoms with E-state index in [-0.39, 0.29) is 11.8 Å². The van der Waals surface area contributed by atoms with Gasteiger partial charge in [-0.25, -0.2) is 0 Å². The lowest BCUT2D eigenvalue weighted by Crippen LogP contribution is -2.36. The first-order chi connectivity index (χ1) is 11.6. The largest absolute Gasteiger partial charge is 0.326 e. The van der Waals surface area contributed by atoms with Gasteiger partial charge in [-0.3, -0.25) is 9.59 Å². The monoisotopic (exact) mass is 329 g/mol. The van der Waals surface area contributed by atoms with E-state index in [2.05, 4.69) is 10.6 Å². The van der Waals surface area contributed by atoms with Crippen LogP contribution in [0.2, 0.25) is 0 Å². The summed E-state index contributed by atoms with van der Waals surface area (Å²) >= 11 is 0. The van der Waals surface area contributed by atoms with Crippen molar-refractivity contribution in [2.45, 2.75) is 45.4 Å². The van der Waals surface area contributed by atoms with Gasteiger partial charge in [0.05, 0.1) is 0 Å². The van der Waals surface area contributed by atoms with Crippen molar-refractivity contribution in [1.29, 1.82) is 0 Å².